The Balaban J connectivity index is 1.88. The first kappa shape index (κ1) is 17.2. The first-order chi connectivity index (χ1) is 11.9. The van der Waals surface area contributed by atoms with Crippen LogP contribution in [0, 0.1) is 0 Å². The van der Waals surface area contributed by atoms with Gasteiger partial charge in [0.1, 0.15) is 10.7 Å². The predicted octanol–water partition coefficient (Wildman–Crippen LogP) is 3.02. The molecule has 0 unspecified atom stereocenters. The van der Waals surface area contributed by atoms with Crippen LogP contribution in [0.3, 0.4) is 0 Å². The molecule has 0 saturated carbocycles. The third-order valence-electron chi connectivity index (χ3n) is 4.10. The maximum Gasteiger partial charge on any atom is 0.264 e. The summed E-state index contributed by atoms with van der Waals surface area (Å²) in [4.78, 5) is 6.80. The molecule has 1 N–H and O–H groups in total. The van der Waals surface area contributed by atoms with Crippen molar-refractivity contribution in [2.75, 3.05) is 19.0 Å². The molecule has 0 atom stereocenters. The zero-order valence-electron chi connectivity index (χ0n) is 14.5. The lowest BCUT2D eigenvalue weighted by molar-refractivity contribution is 0.603. The van der Waals surface area contributed by atoms with Crippen LogP contribution < -0.4 is 9.62 Å². The Morgan fingerprint density at radius 2 is 1.64 bits per heavy atom. The van der Waals surface area contributed by atoms with Gasteiger partial charge in [-0.3, -0.25) is 9.71 Å². The molecule has 25 heavy (non-hydrogen) atoms. The molecule has 130 valence electrons. The van der Waals surface area contributed by atoms with Gasteiger partial charge in [0.2, 0.25) is 0 Å². The molecule has 2 aromatic carbocycles. The second-order valence-corrected chi connectivity index (χ2v) is 7.77. The molecule has 0 fully saturated rings. The smallest absolute Gasteiger partial charge is 0.264 e. The van der Waals surface area contributed by atoms with Crippen LogP contribution in [-0.2, 0) is 16.6 Å². The van der Waals surface area contributed by atoms with Crippen LogP contribution >= 0.6 is 0 Å². The summed E-state index contributed by atoms with van der Waals surface area (Å²) in [6.45, 7) is 2.21. The first-order valence-electron chi connectivity index (χ1n) is 7.99. The maximum atomic E-state index is 12.5. The van der Waals surface area contributed by atoms with Gasteiger partial charge in [0.25, 0.3) is 10.0 Å². The van der Waals surface area contributed by atoms with Crippen LogP contribution in [-0.4, -0.2) is 28.3 Å². The van der Waals surface area contributed by atoms with E-state index in [9.17, 15) is 8.42 Å². The first-order valence-corrected chi connectivity index (χ1v) is 9.47. The minimum absolute atomic E-state index is 0.301. The number of rotatable bonds is 4. The summed E-state index contributed by atoms with van der Waals surface area (Å²) in [5, 5.41) is 0. The van der Waals surface area contributed by atoms with Gasteiger partial charge in [-0.2, -0.15) is 0 Å². The topological polar surface area (TPSA) is 61.8 Å². The average Bonchev–Trinajstić information content (AvgIpc) is 2.82. The molecule has 6 heteroatoms. The molecule has 0 aliphatic carbocycles. The highest BCUT2D eigenvalue weighted by molar-refractivity contribution is 8.00. The Hall–Kier alpha value is -2.60. The van der Waals surface area contributed by atoms with Crippen molar-refractivity contribution in [1.82, 2.24) is 4.72 Å². The molecule has 3 rings (SSSR count). The second kappa shape index (κ2) is 6.72. The predicted molar refractivity (Wildman–Crippen MR) is 103 cm³/mol. The highest BCUT2D eigenvalue weighted by Gasteiger charge is 2.32. The number of amidine groups is 1. The summed E-state index contributed by atoms with van der Waals surface area (Å²) in [6.07, 6.45) is 0. The number of anilines is 1. The van der Waals surface area contributed by atoms with E-state index in [2.05, 4.69) is 9.71 Å². The third kappa shape index (κ3) is 3.58. The van der Waals surface area contributed by atoms with Crippen LogP contribution in [0.2, 0.25) is 0 Å². The van der Waals surface area contributed by atoms with E-state index in [1.165, 1.54) is 0 Å². The Labute approximate surface area is 148 Å². The molecule has 0 saturated heterocycles. The molecule has 5 nitrogen and oxygen atoms in total. The molecule has 2 aromatic rings. The number of nitrogens with one attached hydrogen (secondary N) is 1. The number of hydrogen-bond donors (Lipinski definition) is 1. The minimum Gasteiger partial charge on any atom is -0.378 e. The summed E-state index contributed by atoms with van der Waals surface area (Å²) in [6, 6.07) is 17.1. The molecule has 1 aliphatic heterocycles. The molecule has 1 heterocycles. The van der Waals surface area contributed by atoms with E-state index in [-0.39, 0.29) is 0 Å². The summed E-state index contributed by atoms with van der Waals surface area (Å²) < 4.78 is 27.5. The monoisotopic (exact) mass is 355 g/mol. The van der Waals surface area contributed by atoms with E-state index in [4.69, 9.17) is 0 Å². The Morgan fingerprint density at radius 3 is 2.24 bits per heavy atom. The van der Waals surface area contributed by atoms with Gasteiger partial charge in [-0.15, -0.1) is 0 Å². The van der Waals surface area contributed by atoms with E-state index >= 15 is 0 Å². The summed E-state index contributed by atoms with van der Waals surface area (Å²) in [5.74, 6) is 0.413. The van der Waals surface area contributed by atoms with Gasteiger partial charge in [0, 0.05) is 25.4 Å². The zero-order valence-corrected chi connectivity index (χ0v) is 15.3. The fourth-order valence-electron chi connectivity index (χ4n) is 2.75. The SMILES string of the molecule is CC1=C(c2ccccc2)S(=O)(=O)NC1=NCc1ccc(N(C)C)cc1. The summed E-state index contributed by atoms with van der Waals surface area (Å²) in [7, 11) is 0.407. The zero-order chi connectivity index (χ0) is 18.0. The number of hydrogen-bond acceptors (Lipinski definition) is 4. The van der Waals surface area contributed by atoms with E-state index in [1.807, 2.05) is 61.5 Å². The van der Waals surface area contributed by atoms with E-state index in [0.717, 1.165) is 11.3 Å². The van der Waals surface area contributed by atoms with Gasteiger partial charge in [-0.1, -0.05) is 42.5 Å². The van der Waals surface area contributed by atoms with Crippen molar-refractivity contribution in [3.8, 4) is 0 Å². The van der Waals surface area contributed by atoms with Crippen LogP contribution in [0.5, 0.6) is 0 Å². The highest BCUT2D eigenvalue weighted by atomic mass is 32.2. The standard InChI is InChI=1S/C19H21N3O2S/c1-14-18(16-7-5-4-6-8-16)25(23,24)21-19(14)20-13-15-9-11-17(12-10-15)22(2)3/h4-12H,13H2,1-3H3,(H,20,21). The van der Waals surface area contributed by atoms with Crippen molar-refractivity contribution < 1.29 is 8.42 Å². The Kier molecular flexibility index (Phi) is 4.63. The normalized spacial score (nSPS) is 17.6. The fourth-order valence-corrected chi connectivity index (χ4v) is 4.27. The lowest BCUT2D eigenvalue weighted by Crippen LogP contribution is -2.23. The van der Waals surface area contributed by atoms with Crippen molar-refractivity contribution in [2.24, 2.45) is 4.99 Å². The van der Waals surface area contributed by atoms with Gasteiger partial charge >= 0.3 is 0 Å². The van der Waals surface area contributed by atoms with E-state index < -0.39 is 10.0 Å². The lowest BCUT2D eigenvalue weighted by Gasteiger charge is -2.12. The van der Waals surface area contributed by atoms with Crippen molar-refractivity contribution in [3.05, 3.63) is 71.3 Å². The Bertz CT molecular complexity index is 928. The van der Waals surface area contributed by atoms with Gasteiger partial charge in [-0.05, 0) is 30.2 Å². The highest BCUT2D eigenvalue weighted by Crippen LogP contribution is 2.29. The van der Waals surface area contributed by atoms with Crippen molar-refractivity contribution in [3.63, 3.8) is 0 Å². The summed E-state index contributed by atoms with van der Waals surface area (Å²) >= 11 is 0. The van der Waals surface area contributed by atoms with Crippen LogP contribution in [0.4, 0.5) is 5.69 Å². The van der Waals surface area contributed by atoms with Crippen molar-refractivity contribution >= 4 is 26.5 Å². The fraction of sp³-hybridized carbons (Fsp3) is 0.211. The molecule has 0 amide bonds. The number of benzene rings is 2. The number of nitrogens with zero attached hydrogens (tertiary/aromatic N) is 2. The molecule has 0 aromatic heterocycles. The second-order valence-electron chi connectivity index (χ2n) is 6.15. The largest absolute Gasteiger partial charge is 0.378 e. The quantitative estimate of drug-likeness (QED) is 0.917. The van der Waals surface area contributed by atoms with Crippen LogP contribution in [0.15, 0.2) is 65.2 Å². The molecule has 1 aliphatic rings. The minimum atomic E-state index is -3.57. The van der Waals surface area contributed by atoms with Gasteiger partial charge < -0.3 is 4.90 Å². The molecule has 0 spiro atoms. The molecular weight excluding hydrogens is 334 g/mol. The van der Waals surface area contributed by atoms with Crippen molar-refractivity contribution in [1.29, 1.82) is 0 Å². The molecular formula is C19H21N3O2S. The maximum absolute atomic E-state index is 12.5. The van der Waals surface area contributed by atoms with Gasteiger partial charge in [-0.25, -0.2) is 8.42 Å². The lowest BCUT2D eigenvalue weighted by atomic mass is 10.1. The van der Waals surface area contributed by atoms with Crippen LogP contribution in [0.1, 0.15) is 18.1 Å². The van der Waals surface area contributed by atoms with E-state index in [0.29, 0.717) is 28.4 Å². The number of sulfonamides is 1. The van der Waals surface area contributed by atoms with Gasteiger partial charge in [0.15, 0.2) is 0 Å². The van der Waals surface area contributed by atoms with Crippen molar-refractivity contribution in [2.45, 2.75) is 13.5 Å². The van der Waals surface area contributed by atoms with Crippen LogP contribution in [0.25, 0.3) is 4.91 Å². The van der Waals surface area contributed by atoms with Gasteiger partial charge in [0.05, 0.1) is 6.54 Å². The molecule has 0 bridgehead atoms. The average molecular weight is 355 g/mol. The summed E-state index contributed by atoms with van der Waals surface area (Å²) in [5.41, 5.74) is 3.46. The molecule has 0 radical (unpaired) electrons. The van der Waals surface area contributed by atoms with E-state index in [1.54, 1.807) is 19.1 Å². The number of aliphatic imine (C=N–C) groups is 1. The third-order valence-corrected chi connectivity index (χ3v) is 5.65. The Morgan fingerprint density at radius 1 is 1.00 bits per heavy atom.